The number of carbonyl (C=O) groups is 2. The molecule has 35 heavy (non-hydrogen) atoms. The molecule has 1 aromatic rings. The second-order valence-corrected chi connectivity index (χ2v) is 10.8. The average Bonchev–Trinajstić information content (AvgIpc) is 3.26. The molecule has 0 aromatic heterocycles. The fraction of sp³-hybridized carbons (Fsp3) is 0.552. The van der Waals surface area contributed by atoms with E-state index in [1.165, 1.54) is 16.7 Å². The molecule has 1 heterocycles. The van der Waals surface area contributed by atoms with Crippen LogP contribution >= 0.6 is 0 Å². The van der Waals surface area contributed by atoms with Crippen LogP contribution in [0.4, 0.5) is 0 Å². The van der Waals surface area contributed by atoms with Crippen LogP contribution in [0.15, 0.2) is 35.3 Å². The van der Waals surface area contributed by atoms with Crippen molar-refractivity contribution in [2.45, 2.75) is 69.4 Å². The Morgan fingerprint density at radius 2 is 2.11 bits per heavy atom. The van der Waals surface area contributed by atoms with E-state index in [4.69, 9.17) is 6.42 Å². The minimum Gasteiger partial charge on any atom is -0.337 e. The van der Waals surface area contributed by atoms with Crippen LogP contribution in [0.5, 0.6) is 0 Å². The van der Waals surface area contributed by atoms with Crippen molar-refractivity contribution in [3.8, 4) is 12.3 Å². The zero-order valence-corrected chi connectivity index (χ0v) is 20.6. The first-order valence-corrected chi connectivity index (χ1v) is 13.1. The summed E-state index contributed by atoms with van der Waals surface area (Å²) in [4.78, 5) is 32.3. The first-order chi connectivity index (χ1) is 17.0. The van der Waals surface area contributed by atoms with Crippen molar-refractivity contribution in [1.82, 2.24) is 15.5 Å². The third-order valence-electron chi connectivity index (χ3n) is 8.44. The number of piperazine rings is 1. The van der Waals surface area contributed by atoms with E-state index in [0.717, 1.165) is 58.0 Å². The molecule has 1 aliphatic heterocycles. The maximum atomic E-state index is 13.4. The van der Waals surface area contributed by atoms with E-state index in [9.17, 15) is 9.59 Å². The van der Waals surface area contributed by atoms with Gasteiger partial charge in [-0.3, -0.25) is 14.6 Å². The molecule has 4 atom stereocenters. The van der Waals surface area contributed by atoms with E-state index in [2.05, 4.69) is 51.6 Å². The molecular formula is C29H36N4O2. The normalized spacial score (nSPS) is 29.1. The fourth-order valence-electron chi connectivity index (χ4n) is 6.28. The summed E-state index contributed by atoms with van der Waals surface area (Å²) >= 11 is 0. The van der Waals surface area contributed by atoms with Crippen molar-refractivity contribution < 1.29 is 9.59 Å². The van der Waals surface area contributed by atoms with Crippen molar-refractivity contribution in [2.24, 2.45) is 16.8 Å². The Hall–Kier alpha value is -2.91. The highest BCUT2D eigenvalue weighted by atomic mass is 16.2. The van der Waals surface area contributed by atoms with Crippen LogP contribution in [0, 0.1) is 24.2 Å². The van der Waals surface area contributed by atoms with Crippen LogP contribution < -0.4 is 10.6 Å². The molecule has 2 N–H and O–H groups in total. The predicted octanol–water partition coefficient (Wildman–Crippen LogP) is 2.97. The van der Waals surface area contributed by atoms with Crippen LogP contribution in [-0.2, 0) is 22.4 Å². The molecule has 1 aromatic carbocycles. The Balaban J connectivity index is 1.15. The highest BCUT2D eigenvalue weighted by Crippen LogP contribution is 2.49. The summed E-state index contributed by atoms with van der Waals surface area (Å²) < 4.78 is 0. The Bertz CT molecular complexity index is 1080. The average molecular weight is 473 g/mol. The van der Waals surface area contributed by atoms with Crippen LogP contribution in [0.2, 0.25) is 0 Å². The van der Waals surface area contributed by atoms with Gasteiger partial charge in [0.1, 0.15) is 6.67 Å². The van der Waals surface area contributed by atoms with Crippen LogP contribution in [0.1, 0.15) is 61.6 Å². The molecule has 3 aliphatic carbocycles. The van der Waals surface area contributed by atoms with E-state index in [0.29, 0.717) is 17.7 Å². The van der Waals surface area contributed by atoms with E-state index in [1.54, 1.807) is 18.4 Å². The number of amides is 2. The van der Waals surface area contributed by atoms with Crippen molar-refractivity contribution in [3.63, 3.8) is 0 Å². The van der Waals surface area contributed by atoms with Gasteiger partial charge in [0.25, 0.3) is 0 Å². The maximum Gasteiger partial charge on any atom is 0.243 e. The van der Waals surface area contributed by atoms with Gasteiger partial charge in [0.2, 0.25) is 11.8 Å². The van der Waals surface area contributed by atoms with E-state index in [-0.39, 0.29) is 30.1 Å². The Labute approximate surface area is 208 Å². The van der Waals surface area contributed by atoms with Gasteiger partial charge in [-0.2, -0.15) is 0 Å². The van der Waals surface area contributed by atoms with Gasteiger partial charge in [-0.25, -0.2) is 0 Å². The Morgan fingerprint density at radius 3 is 2.91 bits per heavy atom. The third-order valence-corrected chi connectivity index (χ3v) is 8.44. The second kappa shape index (κ2) is 9.99. The number of rotatable bonds is 7. The monoisotopic (exact) mass is 472 g/mol. The van der Waals surface area contributed by atoms with Gasteiger partial charge in [-0.1, -0.05) is 37.0 Å². The molecule has 0 radical (unpaired) electrons. The van der Waals surface area contributed by atoms with Gasteiger partial charge in [-0.05, 0) is 79.7 Å². The lowest BCUT2D eigenvalue weighted by Gasteiger charge is -2.44. The largest absolute Gasteiger partial charge is 0.337 e. The topological polar surface area (TPSA) is 73.8 Å². The van der Waals surface area contributed by atoms with Crippen LogP contribution in [-0.4, -0.2) is 54.3 Å². The molecule has 2 unspecified atom stereocenters. The number of allylic oxidation sites excluding steroid dienone is 2. The molecule has 1 saturated heterocycles. The summed E-state index contributed by atoms with van der Waals surface area (Å²) in [6, 6.07) is 7.03. The number of carbonyl (C=O) groups excluding carboxylic acids is 2. The SMILES string of the molecule is C#C/C=C\C=N/CNC(=O)[C@@H]1Cc2ccc(C3CC3CN3C(=O)C4(CCCC4)NC[C@@H]3C)cc2C1. The van der Waals surface area contributed by atoms with Crippen molar-refractivity contribution >= 4 is 18.0 Å². The molecule has 1 spiro atoms. The van der Waals surface area contributed by atoms with Gasteiger partial charge >= 0.3 is 0 Å². The fourth-order valence-corrected chi connectivity index (χ4v) is 6.28. The van der Waals surface area contributed by atoms with Crippen molar-refractivity contribution in [2.75, 3.05) is 19.8 Å². The van der Waals surface area contributed by atoms with Gasteiger partial charge in [0, 0.05) is 31.3 Å². The maximum absolute atomic E-state index is 13.4. The van der Waals surface area contributed by atoms with Gasteiger partial charge in [0.15, 0.2) is 0 Å². The quantitative estimate of drug-likeness (QED) is 0.473. The summed E-state index contributed by atoms with van der Waals surface area (Å²) in [5, 5.41) is 6.49. The molecule has 4 aliphatic rings. The predicted molar refractivity (Wildman–Crippen MR) is 138 cm³/mol. The van der Waals surface area contributed by atoms with Gasteiger partial charge in [0.05, 0.1) is 5.54 Å². The number of nitrogens with zero attached hydrogens (tertiary/aromatic N) is 2. The number of aliphatic imine (C=N–C) groups is 1. The third kappa shape index (κ3) is 4.92. The van der Waals surface area contributed by atoms with Crippen molar-refractivity contribution in [3.05, 3.63) is 47.0 Å². The molecular weight excluding hydrogens is 436 g/mol. The summed E-state index contributed by atoms with van der Waals surface area (Å²) in [7, 11) is 0. The van der Waals surface area contributed by atoms with Gasteiger partial charge < -0.3 is 15.5 Å². The minimum atomic E-state index is -0.288. The zero-order valence-electron chi connectivity index (χ0n) is 20.6. The number of nitrogens with one attached hydrogen (secondary N) is 2. The van der Waals surface area contributed by atoms with E-state index in [1.807, 2.05) is 0 Å². The smallest absolute Gasteiger partial charge is 0.243 e. The van der Waals surface area contributed by atoms with Crippen LogP contribution in [0.25, 0.3) is 0 Å². The molecule has 2 saturated carbocycles. The molecule has 0 bridgehead atoms. The first-order valence-electron chi connectivity index (χ1n) is 13.1. The second-order valence-electron chi connectivity index (χ2n) is 10.8. The number of hydrogen-bond acceptors (Lipinski definition) is 4. The van der Waals surface area contributed by atoms with Crippen LogP contribution in [0.3, 0.4) is 0 Å². The molecule has 2 amide bonds. The molecule has 6 nitrogen and oxygen atoms in total. The molecule has 5 rings (SSSR count). The van der Waals surface area contributed by atoms with E-state index < -0.39 is 0 Å². The number of terminal acetylenes is 1. The summed E-state index contributed by atoms with van der Waals surface area (Å²) in [5.41, 5.74) is 3.65. The summed E-state index contributed by atoms with van der Waals surface area (Å²) in [5.74, 6) is 3.81. The number of hydrogen-bond donors (Lipinski definition) is 2. The zero-order chi connectivity index (χ0) is 24.4. The standard InChI is InChI=1S/C29H36N4O2/c1-3-4-7-12-30-19-31-27(34)24-13-21-8-9-22(14-23(21)15-24)26-16-25(26)18-33-20(2)17-32-29(28(33)35)10-5-6-11-29/h1,4,7-9,12,14,20,24-26,32H,5-6,10-11,13,15-19H2,2H3,(H,31,34)/b7-4-,30-12-/t20-,24+,25?,26?/m0/s1. The Kier molecular flexibility index (Phi) is 6.80. The highest BCUT2D eigenvalue weighted by molar-refractivity contribution is 5.88. The number of fused-ring (bicyclic) bond motifs is 1. The summed E-state index contributed by atoms with van der Waals surface area (Å²) in [6.07, 6.45) is 17.0. The molecule has 184 valence electrons. The van der Waals surface area contributed by atoms with Crippen molar-refractivity contribution in [1.29, 1.82) is 0 Å². The lowest BCUT2D eigenvalue weighted by Crippen LogP contribution is -2.66. The highest BCUT2D eigenvalue weighted by Gasteiger charge is 2.50. The lowest BCUT2D eigenvalue weighted by atomic mass is 9.91. The lowest BCUT2D eigenvalue weighted by molar-refractivity contribution is -0.144. The molecule has 3 fully saturated rings. The summed E-state index contributed by atoms with van der Waals surface area (Å²) in [6.45, 7) is 4.20. The first kappa shape index (κ1) is 23.8. The Morgan fingerprint density at radius 1 is 1.31 bits per heavy atom. The molecule has 6 heteroatoms. The van der Waals surface area contributed by atoms with Gasteiger partial charge in [-0.15, -0.1) is 6.42 Å². The minimum absolute atomic E-state index is 0.0337. The van der Waals surface area contributed by atoms with E-state index >= 15 is 0 Å². The number of benzene rings is 1.